The summed E-state index contributed by atoms with van der Waals surface area (Å²) in [5.74, 6) is 0.610. The van der Waals surface area contributed by atoms with Crippen molar-refractivity contribution in [2.45, 2.75) is 6.92 Å². The molecular formula is C8H8N2O3S. The molecule has 0 saturated carbocycles. The Morgan fingerprint density at radius 2 is 1.86 bits per heavy atom. The Labute approximate surface area is 82.4 Å². The van der Waals surface area contributed by atoms with E-state index >= 15 is 0 Å². The highest BCUT2D eigenvalue weighted by Gasteiger charge is 2.11. The quantitative estimate of drug-likeness (QED) is 0.679. The zero-order valence-corrected chi connectivity index (χ0v) is 8.45. The van der Waals surface area contributed by atoms with Crippen molar-refractivity contribution in [1.82, 2.24) is 9.97 Å². The molecule has 2 aromatic rings. The van der Waals surface area contributed by atoms with Gasteiger partial charge >= 0.3 is 11.1 Å². The van der Waals surface area contributed by atoms with E-state index in [-0.39, 0.29) is 0 Å². The van der Waals surface area contributed by atoms with Crippen molar-refractivity contribution < 1.29 is 4.74 Å². The molecule has 2 heterocycles. The minimum Gasteiger partial charge on any atom is -0.493 e. The maximum atomic E-state index is 11.1. The minimum atomic E-state index is -0.659. The van der Waals surface area contributed by atoms with Gasteiger partial charge in [-0.1, -0.05) is 0 Å². The zero-order chi connectivity index (χ0) is 10.3. The van der Waals surface area contributed by atoms with Crippen LogP contribution < -0.4 is 15.9 Å². The van der Waals surface area contributed by atoms with Gasteiger partial charge in [-0.2, -0.15) is 0 Å². The van der Waals surface area contributed by atoms with Crippen LogP contribution in [-0.4, -0.2) is 17.1 Å². The minimum absolute atomic E-state index is 0.555. The van der Waals surface area contributed by atoms with Gasteiger partial charge in [-0.15, -0.1) is 11.3 Å². The van der Waals surface area contributed by atoms with Crippen LogP contribution in [0.25, 0.3) is 10.3 Å². The normalized spacial score (nSPS) is 10.7. The van der Waals surface area contributed by atoms with E-state index in [4.69, 9.17) is 4.74 Å². The lowest BCUT2D eigenvalue weighted by Gasteiger charge is -1.96. The van der Waals surface area contributed by atoms with Crippen LogP contribution in [0.3, 0.4) is 0 Å². The van der Waals surface area contributed by atoms with Crippen molar-refractivity contribution in [3.63, 3.8) is 0 Å². The van der Waals surface area contributed by atoms with Gasteiger partial charge in [0.1, 0.15) is 10.3 Å². The molecule has 0 aliphatic rings. The fourth-order valence-electron chi connectivity index (χ4n) is 1.31. The first-order chi connectivity index (χ1) is 6.63. The summed E-state index contributed by atoms with van der Waals surface area (Å²) in [6.45, 7) is 1.86. The largest absolute Gasteiger partial charge is 0.493 e. The summed E-state index contributed by atoms with van der Waals surface area (Å²) in [5, 5.41) is 0. The molecule has 5 nitrogen and oxygen atoms in total. The predicted molar refractivity (Wildman–Crippen MR) is 54.4 cm³/mol. The Hall–Kier alpha value is -1.56. The average molecular weight is 212 g/mol. The summed E-state index contributed by atoms with van der Waals surface area (Å²) in [6.07, 6.45) is 0. The van der Waals surface area contributed by atoms with Crippen LogP contribution in [0.5, 0.6) is 5.75 Å². The highest BCUT2D eigenvalue weighted by atomic mass is 32.1. The molecule has 0 unspecified atom stereocenters. The van der Waals surface area contributed by atoms with E-state index in [0.717, 1.165) is 4.88 Å². The maximum Gasteiger partial charge on any atom is 0.314 e. The summed E-state index contributed by atoms with van der Waals surface area (Å²) in [5.41, 5.74) is -0.741. The van der Waals surface area contributed by atoms with Crippen molar-refractivity contribution in [3.8, 4) is 5.75 Å². The van der Waals surface area contributed by atoms with E-state index in [1.165, 1.54) is 18.4 Å². The second-order valence-corrected chi connectivity index (χ2v) is 4.03. The van der Waals surface area contributed by atoms with Gasteiger partial charge in [-0.3, -0.25) is 9.59 Å². The molecule has 14 heavy (non-hydrogen) atoms. The number of aromatic amines is 2. The summed E-state index contributed by atoms with van der Waals surface area (Å²) in [4.78, 5) is 28.6. The third-order valence-corrected chi connectivity index (χ3v) is 2.91. The van der Waals surface area contributed by atoms with Crippen molar-refractivity contribution in [2.75, 3.05) is 7.11 Å². The van der Waals surface area contributed by atoms with E-state index < -0.39 is 11.1 Å². The second kappa shape index (κ2) is 2.98. The molecule has 0 atom stereocenters. The fraction of sp³-hybridized carbons (Fsp3) is 0.250. The number of methoxy groups -OCH3 is 1. The first-order valence-electron chi connectivity index (χ1n) is 3.93. The van der Waals surface area contributed by atoms with Crippen LogP contribution in [0, 0.1) is 6.92 Å². The van der Waals surface area contributed by atoms with Crippen LogP contribution in [0.4, 0.5) is 0 Å². The fourth-order valence-corrected chi connectivity index (χ4v) is 2.28. The molecule has 6 heteroatoms. The second-order valence-electron chi connectivity index (χ2n) is 2.80. The Morgan fingerprint density at radius 3 is 2.50 bits per heavy atom. The zero-order valence-electron chi connectivity index (χ0n) is 7.63. The molecular weight excluding hydrogens is 204 g/mol. The highest BCUT2D eigenvalue weighted by molar-refractivity contribution is 7.18. The van der Waals surface area contributed by atoms with Crippen LogP contribution in [0.15, 0.2) is 9.59 Å². The van der Waals surface area contributed by atoms with Gasteiger partial charge < -0.3 is 14.7 Å². The molecule has 0 aromatic carbocycles. The molecule has 0 bridgehead atoms. The lowest BCUT2D eigenvalue weighted by atomic mass is 10.4. The third-order valence-electron chi connectivity index (χ3n) is 1.90. The van der Waals surface area contributed by atoms with Gasteiger partial charge in [0, 0.05) is 4.88 Å². The molecule has 0 aliphatic heterocycles. The first kappa shape index (κ1) is 9.01. The van der Waals surface area contributed by atoms with Crippen molar-refractivity contribution in [1.29, 1.82) is 0 Å². The number of nitrogens with one attached hydrogen (secondary N) is 2. The van der Waals surface area contributed by atoms with E-state index in [9.17, 15) is 9.59 Å². The van der Waals surface area contributed by atoms with E-state index in [1.54, 1.807) is 0 Å². The number of hydrogen-bond acceptors (Lipinski definition) is 4. The Balaban J connectivity index is 2.96. The lowest BCUT2D eigenvalue weighted by molar-refractivity contribution is 0.417. The monoisotopic (exact) mass is 212 g/mol. The number of hydrogen-bond donors (Lipinski definition) is 2. The van der Waals surface area contributed by atoms with Crippen molar-refractivity contribution in [3.05, 3.63) is 25.6 Å². The summed E-state index contributed by atoms with van der Waals surface area (Å²) in [7, 11) is 1.53. The summed E-state index contributed by atoms with van der Waals surface area (Å²) in [6, 6.07) is 0. The SMILES string of the molecule is COc1c(C)sc2[nH]c(=O)c(=O)[nH]c12. The van der Waals surface area contributed by atoms with E-state index in [1.807, 2.05) is 6.92 Å². The number of aromatic nitrogens is 2. The molecule has 74 valence electrons. The molecule has 0 aliphatic carbocycles. The van der Waals surface area contributed by atoms with Gasteiger partial charge in [0.2, 0.25) is 0 Å². The topological polar surface area (TPSA) is 75.0 Å². The molecule has 0 saturated heterocycles. The summed E-state index contributed by atoms with van der Waals surface area (Å²) >= 11 is 1.38. The number of H-pyrrole nitrogens is 2. The maximum absolute atomic E-state index is 11.1. The molecule has 0 fully saturated rings. The standard InChI is InChI=1S/C8H8N2O3S/c1-3-5(13-2)4-8(14-3)10-7(12)6(11)9-4/h1-2H3,(H,9,11)(H,10,12). The number of rotatable bonds is 1. The first-order valence-corrected chi connectivity index (χ1v) is 4.75. The van der Waals surface area contributed by atoms with Crippen LogP contribution in [0.2, 0.25) is 0 Å². The van der Waals surface area contributed by atoms with Crippen molar-refractivity contribution >= 4 is 21.7 Å². The van der Waals surface area contributed by atoms with Crippen LogP contribution in [0.1, 0.15) is 4.88 Å². The third kappa shape index (κ3) is 1.15. The molecule has 0 radical (unpaired) electrons. The Morgan fingerprint density at radius 1 is 1.21 bits per heavy atom. The summed E-state index contributed by atoms with van der Waals surface area (Å²) < 4.78 is 5.11. The van der Waals surface area contributed by atoms with Crippen molar-refractivity contribution in [2.24, 2.45) is 0 Å². The van der Waals surface area contributed by atoms with Gasteiger partial charge in [0.25, 0.3) is 0 Å². The van der Waals surface area contributed by atoms with E-state index in [0.29, 0.717) is 16.1 Å². The number of thiophene rings is 1. The number of fused-ring (bicyclic) bond motifs is 1. The predicted octanol–water partition coefficient (Wildman–Crippen LogP) is 0.595. The van der Waals surface area contributed by atoms with Gasteiger partial charge in [-0.25, -0.2) is 0 Å². The van der Waals surface area contributed by atoms with E-state index in [2.05, 4.69) is 9.97 Å². The molecule has 0 spiro atoms. The van der Waals surface area contributed by atoms with Gasteiger partial charge in [-0.05, 0) is 6.92 Å². The number of ether oxygens (including phenoxy) is 1. The Kier molecular flexibility index (Phi) is 1.92. The molecule has 2 rings (SSSR count). The smallest absolute Gasteiger partial charge is 0.314 e. The lowest BCUT2D eigenvalue weighted by Crippen LogP contribution is -2.28. The number of aryl methyl sites for hydroxylation is 1. The van der Waals surface area contributed by atoms with Gasteiger partial charge in [0.05, 0.1) is 7.11 Å². The molecule has 2 aromatic heterocycles. The molecule has 0 amide bonds. The Bertz CT molecular complexity index is 593. The highest BCUT2D eigenvalue weighted by Crippen LogP contribution is 2.32. The van der Waals surface area contributed by atoms with Gasteiger partial charge in [0.15, 0.2) is 5.75 Å². The molecule has 2 N–H and O–H groups in total. The van der Waals surface area contributed by atoms with Crippen LogP contribution >= 0.6 is 11.3 Å². The average Bonchev–Trinajstić information content (AvgIpc) is 2.42. The van der Waals surface area contributed by atoms with Crippen LogP contribution in [-0.2, 0) is 0 Å².